The first-order valence-corrected chi connectivity index (χ1v) is 8.94. The number of aromatic nitrogens is 2. The van der Waals surface area contributed by atoms with Crippen molar-refractivity contribution >= 4 is 45.9 Å². The number of carbonyl (C=O) groups excluding carboxylic acids is 1. The molecule has 0 fully saturated rings. The molecule has 0 saturated carbocycles. The van der Waals surface area contributed by atoms with Gasteiger partial charge >= 0.3 is 0 Å². The van der Waals surface area contributed by atoms with Crippen LogP contribution in [-0.4, -0.2) is 15.5 Å². The molecule has 24 heavy (non-hydrogen) atoms. The first kappa shape index (κ1) is 17.0. The number of imidazole rings is 1. The molecule has 0 aliphatic carbocycles. The maximum absolute atomic E-state index is 13.6. The van der Waals surface area contributed by atoms with Gasteiger partial charge in [0.2, 0.25) is 0 Å². The zero-order valence-corrected chi connectivity index (χ0v) is 15.6. The van der Waals surface area contributed by atoms with Crippen molar-refractivity contribution in [3.05, 3.63) is 69.8 Å². The van der Waals surface area contributed by atoms with Gasteiger partial charge in [-0.3, -0.25) is 4.79 Å². The predicted octanol–water partition coefficient (Wildman–Crippen LogP) is 4.57. The Morgan fingerprint density at radius 1 is 1.29 bits per heavy atom. The number of nitrogens with one attached hydrogen (secondary N) is 1. The lowest BCUT2D eigenvalue weighted by molar-refractivity contribution is 0.102. The fraction of sp³-hybridized carbons (Fsp3) is 0.0588. The first-order valence-electron chi connectivity index (χ1n) is 7.04. The Morgan fingerprint density at radius 2 is 2.12 bits per heavy atom. The molecule has 0 aliphatic rings. The summed E-state index contributed by atoms with van der Waals surface area (Å²) in [7, 11) is 1.88. The van der Waals surface area contributed by atoms with Crippen molar-refractivity contribution in [2.45, 2.75) is 10.1 Å². The molecule has 1 aromatic heterocycles. The van der Waals surface area contributed by atoms with Crippen LogP contribution < -0.4 is 5.32 Å². The summed E-state index contributed by atoms with van der Waals surface area (Å²) < 4.78 is 16.5. The number of anilines is 1. The van der Waals surface area contributed by atoms with Gasteiger partial charge in [0.05, 0.1) is 5.69 Å². The monoisotopic (exact) mass is 453 g/mol. The Labute approximate surface area is 156 Å². The van der Waals surface area contributed by atoms with E-state index >= 15 is 0 Å². The van der Waals surface area contributed by atoms with Crippen LogP contribution in [0.1, 0.15) is 10.4 Å². The third-order valence-electron chi connectivity index (χ3n) is 3.25. The van der Waals surface area contributed by atoms with Crippen LogP contribution in [0, 0.1) is 9.39 Å². The number of hydrogen-bond acceptors (Lipinski definition) is 3. The lowest BCUT2D eigenvalue weighted by atomic mass is 10.2. The van der Waals surface area contributed by atoms with Crippen molar-refractivity contribution in [1.29, 1.82) is 0 Å². The van der Waals surface area contributed by atoms with Gasteiger partial charge in [0.15, 0.2) is 5.16 Å². The highest BCUT2D eigenvalue weighted by atomic mass is 127. The molecule has 1 heterocycles. The smallest absolute Gasteiger partial charge is 0.255 e. The molecule has 3 rings (SSSR count). The zero-order chi connectivity index (χ0) is 17.1. The van der Waals surface area contributed by atoms with Crippen LogP contribution in [-0.2, 0) is 7.05 Å². The topological polar surface area (TPSA) is 46.9 Å². The number of carbonyl (C=O) groups is 1. The van der Waals surface area contributed by atoms with Gasteiger partial charge in [0, 0.05) is 33.5 Å². The Balaban J connectivity index is 1.88. The second kappa shape index (κ2) is 7.35. The molecule has 1 N–H and O–H groups in total. The average molecular weight is 453 g/mol. The van der Waals surface area contributed by atoms with E-state index in [1.54, 1.807) is 24.4 Å². The standard InChI is InChI=1S/C17H13FIN3OS/c1-22-8-7-20-17(22)24-15-6-5-12(18)10-14(15)21-16(23)11-3-2-4-13(19)9-11/h2-10H,1H3,(H,21,23). The van der Waals surface area contributed by atoms with Gasteiger partial charge < -0.3 is 9.88 Å². The van der Waals surface area contributed by atoms with E-state index < -0.39 is 5.82 Å². The van der Waals surface area contributed by atoms with Gasteiger partial charge in [-0.25, -0.2) is 9.37 Å². The fourth-order valence-electron chi connectivity index (χ4n) is 2.06. The molecule has 4 nitrogen and oxygen atoms in total. The van der Waals surface area contributed by atoms with Crippen LogP contribution in [0.3, 0.4) is 0 Å². The Hall–Kier alpha value is -1.87. The quantitative estimate of drug-likeness (QED) is 0.589. The minimum atomic E-state index is -0.405. The molecule has 2 aromatic carbocycles. The third-order valence-corrected chi connectivity index (χ3v) is 5.08. The van der Waals surface area contributed by atoms with E-state index in [0.717, 1.165) is 13.6 Å². The van der Waals surface area contributed by atoms with Gasteiger partial charge in [-0.15, -0.1) is 0 Å². The van der Waals surface area contributed by atoms with Crippen molar-refractivity contribution in [2.75, 3.05) is 5.32 Å². The van der Waals surface area contributed by atoms with E-state index in [9.17, 15) is 9.18 Å². The summed E-state index contributed by atoms with van der Waals surface area (Å²) >= 11 is 3.51. The van der Waals surface area contributed by atoms with Crippen molar-refractivity contribution in [2.24, 2.45) is 7.05 Å². The first-order chi connectivity index (χ1) is 11.5. The fourth-order valence-corrected chi connectivity index (χ4v) is 3.48. The molecule has 0 radical (unpaired) electrons. The summed E-state index contributed by atoms with van der Waals surface area (Å²) in [4.78, 5) is 17.4. The van der Waals surface area contributed by atoms with Crippen LogP contribution in [0.4, 0.5) is 10.1 Å². The molecule has 1 amide bonds. The molecule has 0 unspecified atom stereocenters. The van der Waals surface area contributed by atoms with E-state index in [1.165, 1.54) is 23.9 Å². The molecule has 0 atom stereocenters. The molecule has 122 valence electrons. The van der Waals surface area contributed by atoms with E-state index in [1.807, 2.05) is 29.9 Å². The van der Waals surface area contributed by atoms with Gasteiger partial charge in [0.1, 0.15) is 5.82 Å². The largest absolute Gasteiger partial charge is 0.329 e. The van der Waals surface area contributed by atoms with Crippen LogP contribution in [0.25, 0.3) is 0 Å². The highest BCUT2D eigenvalue weighted by Crippen LogP contribution is 2.33. The number of benzene rings is 2. The van der Waals surface area contributed by atoms with E-state index in [4.69, 9.17) is 0 Å². The van der Waals surface area contributed by atoms with Gasteiger partial charge in [-0.1, -0.05) is 6.07 Å². The Bertz CT molecular complexity index is 897. The lowest BCUT2D eigenvalue weighted by Gasteiger charge is -2.11. The molecule has 0 saturated heterocycles. The van der Waals surface area contributed by atoms with Crippen LogP contribution in [0.15, 0.2) is 64.9 Å². The van der Waals surface area contributed by atoms with Gasteiger partial charge in [0.25, 0.3) is 5.91 Å². The highest BCUT2D eigenvalue weighted by Gasteiger charge is 2.13. The molecule has 3 aromatic rings. The second-order valence-corrected chi connectivity index (χ2v) is 7.28. The second-order valence-electron chi connectivity index (χ2n) is 5.03. The summed E-state index contributed by atoms with van der Waals surface area (Å²) in [5, 5.41) is 3.54. The molecular weight excluding hydrogens is 440 g/mol. The molecule has 7 heteroatoms. The SMILES string of the molecule is Cn1ccnc1Sc1ccc(F)cc1NC(=O)c1cccc(I)c1. The van der Waals surface area contributed by atoms with Crippen LogP contribution >= 0.6 is 34.4 Å². The summed E-state index contributed by atoms with van der Waals surface area (Å²) in [5.74, 6) is -0.682. The number of rotatable bonds is 4. The summed E-state index contributed by atoms with van der Waals surface area (Å²) in [6.45, 7) is 0. The maximum atomic E-state index is 13.6. The van der Waals surface area contributed by atoms with Gasteiger partial charge in [-0.2, -0.15) is 0 Å². The van der Waals surface area contributed by atoms with Crippen molar-refractivity contribution in [1.82, 2.24) is 9.55 Å². The molecule has 0 spiro atoms. The summed E-state index contributed by atoms with van der Waals surface area (Å²) in [6, 6.07) is 11.5. The van der Waals surface area contributed by atoms with Gasteiger partial charge in [-0.05, 0) is 70.8 Å². The maximum Gasteiger partial charge on any atom is 0.255 e. The van der Waals surface area contributed by atoms with E-state index in [0.29, 0.717) is 11.3 Å². The normalized spacial score (nSPS) is 10.6. The highest BCUT2D eigenvalue weighted by molar-refractivity contribution is 14.1. The minimum absolute atomic E-state index is 0.277. The summed E-state index contributed by atoms with van der Waals surface area (Å²) in [5.41, 5.74) is 0.950. The minimum Gasteiger partial charge on any atom is -0.329 e. The lowest BCUT2D eigenvalue weighted by Crippen LogP contribution is -2.13. The number of nitrogens with zero attached hydrogens (tertiary/aromatic N) is 2. The summed E-state index contributed by atoms with van der Waals surface area (Å²) in [6.07, 6.45) is 3.52. The molecule has 0 bridgehead atoms. The van der Waals surface area contributed by atoms with Crippen LogP contribution in [0.2, 0.25) is 0 Å². The average Bonchev–Trinajstić information content (AvgIpc) is 2.95. The van der Waals surface area contributed by atoms with Crippen molar-refractivity contribution < 1.29 is 9.18 Å². The third kappa shape index (κ3) is 3.96. The van der Waals surface area contributed by atoms with E-state index in [2.05, 4.69) is 32.9 Å². The molecule has 0 aliphatic heterocycles. The number of aryl methyl sites for hydroxylation is 1. The Morgan fingerprint density at radius 3 is 2.83 bits per heavy atom. The van der Waals surface area contributed by atoms with Crippen molar-refractivity contribution in [3.8, 4) is 0 Å². The number of halogens is 2. The van der Waals surface area contributed by atoms with Crippen molar-refractivity contribution in [3.63, 3.8) is 0 Å². The number of amides is 1. The van der Waals surface area contributed by atoms with E-state index in [-0.39, 0.29) is 5.91 Å². The Kier molecular flexibility index (Phi) is 5.20. The zero-order valence-electron chi connectivity index (χ0n) is 12.7. The number of hydrogen-bond donors (Lipinski definition) is 1. The van der Waals surface area contributed by atoms with Crippen LogP contribution in [0.5, 0.6) is 0 Å². The predicted molar refractivity (Wildman–Crippen MR) is 101 cm³/mol. The molecular formula is C17H13FIN3OS.